The van der Waals surface area contributed by atoms with Crippen molar-refractivity contribution in [2.75, 3.05) is 0 Å². The van der Waals surface area contributed by atoms with Crippen molar-refractivity contribution in [1.82, 2.24) is 0 Å². The second-order valence-corrected chi connectivity index (χ2v) is 8.42. The molecule has 3 aromatic rings. The Hall–Kier alpha value is -2.62. The molecule has 0 bridgehead atoms. The SMILES string of the molecule is CCCCCc1ccc(C2CCc3c(cc(F)c(-c4cccc(F)c4F)c3F)C2)cc1. The first-order valence-corrected chi connectivity index (χ1v) is 11.0. The van der Waals surface area contributed by atoms with Crippen molar-refractivity contribution in [2.45, 2.75) is 57.8 Å². The van der Waals surface area contributed by atoms with Crippen LogP contribution in [0.4, 0.5) is 17.6 Å². The van der Waals surface area contributed by atoms with Gasteiger partial charge in [-0.1, -0.05) is 56.2 Å². The summed E-state index contributed by atoms with van der Waals surface area (Å²) in [6, 6.07) is 13.2. The molecule has 0 amide bonds. The summed E-state index contributed by atoms with van der Waals surface area (Å²) in [7, 11) is 0. The highest BCUT2D eigenvalue weighted by Gasteiger charge is 2.28. The summed E-state index contributed by atoms with van der Waals surface area (Å²) in [6.07, 6.45) is 6.37. The Balaban J connectivity index is 1.59. The summed E-state index contributed by atoms with van der Waals surface area (Å²) in [6.45, 7) is 2.19. The summed E-state index contributed by atoms with van der Waals surface area (Å²) < 4.78 is 57.8. The average molecular weight is 426 g/mol. The molecule has 0 aliphatic heterocycles. The minimum absolute atomic E-state index is 0.188. The fourth-order valence-corrected chi connectivity index (χ4v) is 4.61. The van der Waals surface area contributed by atoms with Gasteiger partial charge in [-0.05, 0) is 72.4 Å². The molecule has 0 spiro atoms. The van der Waals surface area contributed by atoms with Gasteiger partial charge >= 0.3 is 0 Å². The van der Waals surface area contributed by atoms with Gasteiger partial charge in [0.1, 0.15) is 11.6 Å². The van der Waals surface area contributed by atoms with E-state index >= 15 is 4.39 Å². The minimum atomic E-state index is -1.23. The van der Waals surface area contributed by atoms with Crippen LogP contribution in [0.5, 0.6) is 0 Å². The van der Waals surface area contributed by atoms with Crippen molar-refractivity contribution in [3.05, 3.63) is 94.1 Å². The van der Waals surface area contributed by atoms with Gasteiger partial charge in [0, 0.05) is 5.56 Å². The second kappa shape index (κ2) is 9.25. The Morgan fingerprint density at radius 1 is 0.871 bits per heavy atom. The van der Waals surface area contributed by atoms with Crippen molar-refractivity contribution in [3.8, 4) is 11.1 Å². The Labute approximate surface area is 180 Å². The van der Waals surface area contributed by atoms with Crippen LogP contribution >= 0.6 is 0 Å². The summed E-state index contributed by atoms with van der Waals surface area (Å²) in [5, 5.41) is 0. The third kappa shape index (κ3) is 4.39. The molecule has 0 fully saturated rings. The zero-order valence-corrected chi connectivity index (χ0v) is 17.7. The van der Waals surface area contributed by atoms with E-state index < -0.39 is 28.8 Å². The standard InChI is InChI=1S/C27H26F4/c1-2-3-4-6-17-9-11-18(12-10-17)19-13-14-21-20(15-19)16-24(29)25(27(21)31)22-7-5-8-23(28)26(22)30/h5,7-12,16,19H,2-4,6,13-15H2,1H3. The predicted octanol–water partition coefficient (Wildman–Crippen LogP) is 7.92. The molecule has 1 aliphatic rings. The largest absolute Gasteiger partial charge is 0.206 e. The van der Waals surface area contributed by atoms with Crippen LogP contribution in [0.15, 0.2) is 48.5 Å². The zero-order chi connectivity index (χ0) is 22.0. The highest BCUT2D eigenvalue weighted by Crippen LogP contribution is 2.39. The van der Waals surface area contributed by atoms with Gasteiger partial charge in [-0.25, -0.2) is 17.6 Å². The predicted molar refractivity (Wildman–Crippen MR) is 116 cm³/mol. The monoisotopic (exact) mass is 426 g/mol. The Bertz CT molecular complexity index is 1070. The lowest BCUT2D eigenvalue weighted by Crippen LogP contribution is -2.16. The number of aryl methyl sites for hydroxylation is 1. The van der Waals surface area contributed by atoms with E-state index in [0.717, 1.165) is 18.9 Å². The molecule has 1 unspecified atom stereocenters. The van der Waals surface area contributed by atoms with Gasteiger partial charge in [-0.15, -0.1) is 0 Å². The summed E-state index contributed by atoms with van der Waals surface area (Å²) >= 11 is 0. The molecule has 0 nitrogen and oxygen atoms in total. The van der Waals surface area contributed by atoms with Crippen molar-refractivity contribution < 1.29 is 17.6 Å². The molecule has 4 rings (SSSR count). The summed E-state index contributed by atoms with van der Waals surface area (Å²) in [5.41, 5.74) is 2.65. The lowest BCUT2D eigenvalue weighted by Gasteiger charge is -2.27. The van der Waals surface area contributed by atoms with Crippen LogP contribution in [-0.4, -0.2) is 0 Å². The molecule has 0 aromatic heterocycles. The topological polar surface area (TPSA) is 0 Å². The van der Waals surface area contributed by atoms with E-state index in [9.17, 15) is 13.2 Å². The number of benzene rings is 3. The maximum atomic E-state index is 15.2. The third-order valence-corrected chi connectivity index (χ3v) is 6.36. The van der Waals surface area contributed by atoms with Crippen LogP contribution in [0.1, 0.15) is 60.8 Å². The fourth-order valence-electron chi connectivity index (χ4n) is 4.61. The number of unbranched alkanes of at least 4 members (excludes halogenated alkanes) is 2. The first-order chi connectivity index (χ1) is 15.0. The highest BCUT2D eigenvalue weighted by molar-refractivity contribution is 5.68. The van der Waals surface area contributed by atoms with Gasteiger partial charge in [0.2, 0.25) is 0 Å². The molecule has 0 radical (unpaired) electrons. The van der Waals surface area contributed by atoms with E-state index in [-0.39, 0.29) is 11.5 Å². The minimum Gasteiger partial charge on any atom is -0.206 e. The number of rotatable bonds is 6. The quantitative estimate of drug-likeness (QED) is 0.277. The number of hydrogen-bond acceptors (Lipinski definition) is 0. The maximum absolute atomic E-state index is 15.2. The third-order valence-electron chi connectivity index (χ3n) is 6.36. The average Bonchev–Trinajstić information content (AvgIpc) is 2.77. The van der Waals surface area contributed by atoms with Crippen molar-refractivity contribution in [1.29, 1.82) is 0 Å². The normalized spacial score (nSPS) is 15.7. The fraction of sp³-hybridized carbons (Fsp3) is 0.333. The van der Waals surface area contributed by atoms with Crippen LogP contribution in [0.2, 0.25) is 0 Å². The van der Waals surface area contributed by atoms with Gasteiger partial charge in [0.15, 0.2) is 11.6 Å². The van der Waals surface area contributed by atoms with Gasteiger partial charge in [0.25, 0.3) is 0 Å². The molecule has 0 N–H and O–H groups in total. The molecule has 4 heteroatoms. The van der Waals surface area contributed by atoms with Crippen molar-refractivity contribution >= 4 is 0 Å². The van der Waals surface area contributed by atoms with Crippen LogP contribution < -0.4 is 0 Å². The van der Waals surface area contributed by atoms with E-state index in [1.165, 1.54) is 48.6 Å². The summed E-state index contributed by atoms with van der Waals surface area (Å²) in [4.78, 5) is 0. The van der Waals surface area contributed by atoms with Gasteiger partial charge < -0.3 is 0 Å². The maximum Gasteiger partial charge on any atom is 0.166 e. The highest BCUT2D eigenvalue weighted by atomic mass is 19.2. The van der Waals surface area contributed by atoms with E-state index in [2.05, 4.69) is 31.2 Å². The van der Waals surface area contributed by atoms with Crippen LogP contribution in [0.3, 0.4) is 0 Å². The molecule has 1 aliphatic carbocycles. The molecular formula is C27H26F4. The van der Waals surface area contributed by atoms with E-state index in [1.807, 2.05) is 0 Å². The van der Waals surface area contributed by atoms with Crippen LogP contribution in [0, 0.1) is 23.3 Å². The van der Waals surface area contributed by atoms with Crippen molar-refractivity contribution in [3.63, 3.8) is 0 Å². The zero-order valence-electron chi connectivity index (χ0n) is 17.7. The van der Waals surface area contributed by atoms with E-state index in [4.69, 9.17) is 0 Å². The van der Waals surface area contributed by atoms with Gasteiger partial charge in [-0.2, -0.15) is 0 Å². The lowest BCUT2D eigenvalue weighted by atomic mass is 9.78. The van der Waals surface area contributed by atoms with Crippen molar-refractivity contribution in [2.24, 2.45) is 0 Å². The first-order valence-electron chi connectivity index (χ1n) is 11.0. The Morgan fingerprint density at radius 3 is 2.39 bits per heavy atom. The van der Waals surface area contributed by atoms with Crippen LogP contribution in [0.25, 0.3) is 11.1 Å². The Kier molecular flexibility index (Phi) is 6.45. The summed E-state index contributed by atoms with van der Waals surface area (Å²) in [5.74, 6) is -3.79. The molecule has 3 aromatic carbocycles. The lowest BCUT2D eigenvalue weighted by molar-refractivity contribution is 0.504. The molecule has 0 saturated carbocycles. The smallest absolute Gasteiger partial charge is 0.166 e. The number of halogens is 4. The molecule has 31 heavy (non-hydrogen) atoms. The molecule has 1 atom stereocenters. The molecular weight excluding hydrogens is 400 g/mol. The van der Waals surface area contributed by atoms with E-state index in [1.54, 1.807) is 0 Å². The van der Waals surface area contributed by atoms with E-state index in [0.29, 0.717) is 24.0 Å². The van der Waals surface area contributed by atoms with Gasteiger partial charge in [0.05, 0.1) is 5.56 Å². The Morgan fingerprint density at radius 2 is 1.65 bits per heavy atom. The second-order valence-electron chi connectivity index (χ2n) is 8.42. The number of hydrogen-bond donors (Lipinski definition) is 0. The molecule has 0 saturated heterocycles. The number of fused-ring (bicyclic) bond motifs is 1. The molecule has 162 valence electrons. The van der Waals surface area contributed by atoms with Crippen LogP contribution in [-0.2, 0) is 19.3 Å². The van der Waals surface area contributed by atoms with Gasteiger partial charge in [-0.3, -0.25) is 0 Å². The molecule has 0 heterocycles. The first kappa shape index (κ1) is 21.6.